The zero-order valence-corrected chi connectivity index (χ0v) is 19.0. The second-order valence-corrected chi connectivity index (χ2v) is 8.86. The number of nitrogens with zero attached hydrogens (tertiary/aromatic N) is 1. The highest BCUT2D eigenvalue weighted by molar-refractivity contribution is 6.31. The Morgan fingerprint density at radius 1 is 1.18 bits per heavy atom. The number of Topliss-reactive ketones (excluding diaryl/α,β-unsaturated/α-hetero) is 1. The number of methoxy groups -OCH3 is 1. The molecule has 33 heavy (non-hydrogen) atoms. The summed E-state index contributed by atoms with van der Waals surface area (Å²) < 4.78 is 5.12. The van der Waals surface area contributed by atoms with Crippen LogP contribution in [0.3, 0.4) is 0 Å². The third-order valence-electron chi connectivity index (χ3n) is 6.53. The summed E-state index contributed by atoms with van der Waals surface area (Å²) >= 11 is 6.25. The molecule has 3 N–H and O–H groups in total. The SMILES string of the molecule is COC(=O)C1=C(N)N(c2cccc(Cl)c2)C2=C(C(=O)CCC2)C12C(=O)Nc1ccc(C)cc12. The van der Waals surface area contributed by atoms with Crippen molar-refractivity contribution in [3.63, 3.8) is 0 Å². The van der Waals surface area contributed by atoms with Crippen LogP contribution in [0.4, 0.5) is 11.4 Å². The Morgan fingerprint density at radius 2 is 1.97 bits per heavy atom. The first-order chi connectivity index (χ1) is 15.8. The number of aryl methyl sites for hydroxylation is 1. The van der Waals surface area contributed by atoms with Crippen LogP contribution < -0.4 is 16.0 Å². The van der Waals surface area contributed by atoms with Gasteiger partial charge >= 0.3 is 5.97 Å². The van der Waals surface area contributed by atoms with Crippen LogP contribution in [0.15, 0.2) is 65.1 Å². The molecule has 7 nitrogen and oxygen atoms in total. The minimum Gasteiger partial charge on any atom is -0.466 e. The van der Waals surface area contributed by atoms with Gasteiger partial charge in [-0.15, -0.1) is 0 Å². The Hall–Kier alpha value is -3.58. The zero-order valence-electron chi connectivity index (χ0n) is 18.2. The average Bonchev–Trinajstić information content (AvgIpc) is 3.05. The highest BCUT2D eigenvalue weighted by Crippen LogP contribution is 2.55. The standard InChI is InChI=1S/C25H22ClN3O4/c1-13-9-10-17-16(11-13)25(24(32)28-17)20-18(7-4-8-19(20)30)29(15-6-3-5-14(26)12-15)22(27)21(25)23(31)33-2/h3,5-6,9-12H,4,7-8,27H2,1-2H3,(H,28,32). The summed E-state index contributed by atoms with van der Waals surface area (Å²) in [5.74, 6) is -1.40. The van der Waals surface area contributed by atoms with Gasteiger partial charge in [0.2, 0.25) is 5.91 Å². The molecule has 2 aromatic rings. The van der Waals surface area contributed by atoms with E-state index >= 15 is 0 Å². The molecule has 1 amide bonds. The molecular weight excluding hydrogens is 442 g/mol. The number of esters is 1. The lowest BCUT2D eigenvalue weighted by Crippen LogP contribution is -2.53. The van der Waals surface area contributed by atoms with Gasteiger partial charge in [0.1, 0.15) is 16.8 Å². The number of rotatable bonds is 2. The Bertz CT molecular complexity index is 1310. The van der Waals surface area contributed by atoms with E-state index in [4.69, 9.17) is 22.1 Å². The molecule has 5 rings (SSSR count). The number of allylic oxidation sites excluding steroid dienone is 1. The van der Waals surface area contributed by atoms with Crippen LogP contribution in [0.2, 0.25) is 5.02 Å². The predicted octanol–water partition coefficient (Wildman–Crippen LogP) is 3.71. The lowest BCUT2D eigenvalue weighted by Gasteiger charge is -2.44. The maximum atomic E-state index is 13.8. The minimum atomic E-state index is -1.68. The number of amides is 1. The van der Waals surface area contributed by atoms with E-state index in [-0.39, 0.29) is 29.2 Å². The van der Waals surface area contributed by atoms with Crippen LogP contribution in [0, 0.1) is 6.92 Å². The number of nitrogens with two attached hydrogens (primary N) is 1. The first-order valence-electron chi connectivity index (χ1n) is 10.6. The number of hydrogen-bond acceptors (Lipinski definition) is 6. The van der Waals surface area contributed by atoms with E-state index in [1.807, 2.05) is 19.1 Å². The van der Waals surface area contributed by atoms with Gasteiger partial charge in [0.25, 0.3) is 0 Å². The van der Waals surface area contributed by atoms with E-state index in [1.165, 1.54) is 7.11 Å². The number of hydrogen-bond donors (Lipinski definition) is 2. The van der Waals surface area contributed by atoms with Gasteiger partial charge in [-0.1, -0.05) is 35.4 Å². The number of carbonyl (C=O) groups is 3. The summed E-state index contributed by atoms with van der Waals surface area (Å²) in [7, 11) is 1.23. The molecule has 3 aliphatic rings. The first-order valence-corrected chi connectivity index (χ1v) is 11.0. The van der Waals surface area contributed by atoms with E-state index in [0.717, 1.165) is 5.56 Å². The molecule has 2 aliphatic heterocycles. The van der Waals surface area contributed by atoms with E-state index in [0.29, 0.717) is 40.5 Å². The molecule has 0 radical (unpaired) electrons. The Labute approximate surface area is 195 Å². The maximum absolute atomic E-state index is 13.8. The van der Waals surface area contributed by atoms with Crippen molar-refractivity contribution in [3.8, 4) is 0 Å². The summed E-state index contributed by atoms with van der Waals surface area (Å²) in [6.45, 7) is 1.89. The van der Waals surface area contributed by atoms with E-state index < -0.39 is 17.3 Å². The fourth-order valence-corrected chi connectivity index (χ4v) is 5.42. The molecule has 1 spiro atoms. The van der Waals surface area contributed by atoms with Crippen LogP contribution in [0.5, 0.6) is 0 Å². The number of benzene rings is 2. The molecule has 2 aromatic carbocycles. The lowest BCUT2D eigenvalue weighted by molar-refractivity contribution is -0.138. The monoisotopic (exact) mass is 463 g/mol. The topological polar surface area (TPSA) is 102 Å². The second-order valence-electron chi connectivity index (χ2n) is 8.42. The quantitative estimate of drug-likeness (QED) is 0.658. The number of halogens is 1. The molecule has 1 atom stereocenters. The van der Waals surface area contributed by atoms with Crippen LogP contribution in [-0.4, -0.2) is 24.8 Å². The minimum absolute atomic E-state index is 0.0436. The van der Waals surface area contributed by atoms with E-state index in [2.05, 4.69) is 5.32 Å². The molecule has 0 bridgehead atoms. The van der Waals surface area contributed by atoms with Gasteiger partial charge in [0.05, 0.1) is 7.11 Å². The summed E-state index contributed by atoms with van der Waals surface area (Å²) in [6.07, 6.45) is 1.39. The lowest BCUT2D eigenvalue weighted by atomic mass is 9.63. The van der Waals surface area contributed by atoms with Crippen molar-refractivity contribution in [1.29, 1.82) is 0 Å². The largest absolute Gasteiger partial charge is 0.466 e. The third-order valence-corrected chi connectivity index (χ3v) is 6.76. The first kappa shape index (κ1) is 21.3. The van der Waals surface area contributed by atoms with Crippen LogP contribution in [0.1, 0.15) is 30.4 Å². The predicted molar refractivity (Wildman–Crippen MR) is 125 cm³/mol. The van der Waals surface area contributed by atoms with Gasteiger partial charge in [0.15, 0.2) is 5.78 Å². The van der Waals surface area contributed by atoms with Crippen molar-refractivity contribution >= 4 is 40.6 Å². The molecular formula is C25H22ClN3O4. The van der Waals surface area contributed by atoms with Crippen molar-refractivity contribution in [2.45, 2.75) is 31.6 Å². The fraction of sp³-hybridized carbons (Fsp3) is 0.240. The van der Waals surface area contributed by atoms with Gasteiger partial charge in [0, 0.05) is 39.7 Å². The Morgan fingerprint density at radius 3 is 2.70 bits per heavy atom. The Kier molecular flexibility index (Phi) is 4.83. The number of fused-ring (bicyclic) bond motifs is 3. The molecule has 0 saturated carbocycles. The van der Waals surface area contributed by atoms with Crippen LogP contribution in [-0.2, 0) is 24.5 Å². The summed E-state index contributed by atoms with van der Waals surface area (Å²) in [6, 6.07) is 12.5. The van der Waals surface area contributed by atoms with Crippen molar-refractivity contribution in [2.24, 2.45) is 5.73 Å². The highest BCUT2D eigenvalue weighted by Gasteiger charge is 2.61. The number of ketones is 1. The smallest absolute Gasteiger partial charge is 0.339 e. The molecule has 1 unspecified atom stereocenters. The summed E-state index contributed by atoms with van der Waals surface area (Å²) in [4.78, 5) is 42.2. The van der Waals surface area contributed by atoms with Gasteiger partial charge in [-0.25, -0.2) is 4.79 Å². The third kappa shape index (κ3) is 2.85. The highest BCUT2D eigenvalue weighted by atomic mass is 35.5. The summed E-state index contributed by atoms with van der Waals surface area (Å²) in [5, 5.41) is 3.35. The second kappa shape index (κ2) is 7.49. The fourth-order valence-electron chi connectivity index (χ4n) is 5.23. The van der Waals surface area contributed by atoms with E-state index in [1.54, 1.807) is 35.2 Å². The molecule has 168 valence electrons. The summed E-state index contributed by atoms with van der Waals surface area (Å²) in [5.41, 5.74) is 8.36. The normalized spacial score (nSPS) is 21.8. The van der Waals surface area contributed by atoms with Gasteiger partial charge in [-0.2, -0.15) is 0 Å². The van der Waals surface area contributed by atoms with Crippen molar-refractivity contribution in [1.82, 2.24) is 0 Å². The van der Waals surface area contributed by atoms with Gasteiger partial charge in [-0.3, -0.25) is 14.5 Å². The molecule has 8 heteroatoms. The van der Waals surface area contributed by atoms with Crippen molar-refractivity contribution < 1.29 is 19.1 Å². The van der Waals surface area contributed by atoms with E-state index in [9.17, 15) is 14.4 Å². The average molecular weight is 464 g/mol. The van der Waals surface area contributed by atoms with Crippen LogP contribution in [0.25, 0.3) is 0 Å². The van der Waals surface area contributed by atoms with Crippen molar-refractivity contribution in [2.75, 3.05) is 17.3 Å². The number of carbonyl (C=O) groups excluding carboxylic acids is 3. The number of anilines is 2. The Balaban J connectivity index is 1.92. The van der Waals surface area contributed by atoms with Crippen LogP contribution >= 0.6 is 11.6 Å². The number of ether oxygens (including phenoxy) is 1. The number of nitrogens with one attached hydrogen (secondary N) is 1. The zero-order chi connectivity index (χ0) is 23.5. The molecule has 0 fully saturated rings. The van der Waals surface area contributed by atoms with Crippen molar-refractivity contribution in [3.05, 3.63) is 81.3 Å². The van der Waals surface area contributed by atoms with Gasteiger partial charge < -0.3 is 15.8 Å². The molecule has 2 heterocycles. The molecule has 0 saturated heterocycles. The molecule has 0 aromatic heterocycles. The van der Waals surface area contributed by atoms with Gasteiger partial charge in [-0.05, 0) is 44.0 Å². The molecule has 1 aliphatic carbocycles. The maximum Gasteiger partial charge on any atom is 0.339 e.